The van der Waals surface area contributed by atoms with Crippen LogP contribution in [0.4, 0.5) is 0 Å². The van der Waals surface area contributed by atoms with Crippen LogP contribution >= 0.6 is 0 Å². The number of aliphatic hydroxyl groups excluding tert-OH is 1. The third kappa shape index (κ3) is 3.51. The quantitative estimate of drug-likeness (QED) is 0.521. The summed E-state index contributed by atoms with van der Waals surface area (Å²) >= 11 is 0. The molecule has 2 atom stereocenters. The van der Waals surface area contributed by atoms with Crippen molar-refractivity contribution in [2.45, 2.75) is 37.8 Å². The first-order valence-corrected chi connectivity index (χ1v) is 5.74. The van der Waals surface area contributed by atoms with E-state index in [1.165, 1.54) is 0 Å². The molecule has 1 fully saturated rings. The van der Waals surface area contributed by atoms with E-state index in [0.29, 0.717) is 6.54 Å². The second-order valence-electron chi connectivity index (χ2n) is 4.23. The molecule has 4 nitrogen and oxygen atoms in total. The van der Waals surface area contributed by atoms with Gasteiger partial charge >= 0.3 is 0 Å². The molecule has 2 N–H and O–H groups in total. The highest BCUT2D eigenvalue weighted by atomic mass is 16.3. The number of nitrogens with one attached hydrogen (secondary N) is 1. The Morgan fingerprint density at radius 1 is 1.56 bits per heavy atom. The van der Waals surface area contributed by atoms with Crippen molar-refractivity contribution in [1.82, 2.24) is 10.2 Å². The van der Waals surface area contributed by atoms with Crippen molar-refractivity contribution in [3.63, 3.8) is 0 Å². The van der Waals surface area contributed by atoms with Crippen LogP contribution < -0.4 is 5.32 Å². The fraction of sp³-hybridized carbons (Fsp3) is 0.750. The van der Waals surface area contributed by atoms with Gasteiger partial charge in [-0.05, 0) is 12.8 Å². The van der Waals surface area contributed by atoms with E-state index in [-0.39, 0.29) is 24.6 Å². The lowest BCUT2D eigenvalue weighted by Crippen LogP contribution is -2.48. The minimum absolute atomic E-state index is 0.0128. The van der Waals surface area contributed by atoms with Crippen LogP contribution in [-0.2, 0) is 4.79 Å². The van der Waals surface area contributed by atoms with Crippen LogP contribution in [-0.4, -0.2) is 48.2 Å². The summed E-state index contributed by atoms with van der Waals surface area (Å²) in [5.41, 5.74) is 0. The highest BCUT2D eigenvalue weighted by molar-refractivity contribution is 5.78. The fourth-order valence-corrected chi connectivity index (χ4v) is 2.09. The van der Waals surface area contributed by atoms with E-state index < -0.39 is 0 Å². The molecule has 0 heterocycles. The van der Waals surface area contributed by atoms with Crippen LogP contribution in [0, 0.1) is 12.3 Å². The van der Waals surface area contributed by atoms with Gasteiger partial charge in [0.05, 0.1) is 25.2 Å². The largest absolute Gasteiger partial charge is 0.391 e. The molecule has 0 aromatic carbocycles. The van der Waals surface area contributed by atoms with Crippen LogP contribution in [0.5, 0.6) is 0 Å². The van der Waals surface area contributed by atoms with Crippen molar-refractivity contribution >= 4 is 5.91 Å². The van der Waals surface area contributed by atoms with Gasteiger partial charge in [0, 0.05) is 7.05 Å². The van der Waals surface area contributed by atoms with Gasteiger partial charge in [-0.3, -0.25) is 10.1 Å². The Hall–Kier alpha value is -1.05. The topological polar surface area (TPSA) is 52.6 Å². The molecule has 1 amide bonds. The molecule has 1 saturated carbocycles. The van der Waals surface area contributed by atoms with Gasteiger partial charge in [-0.1, -0.05) is 18.8 Å². The van der Waals surface area contributed by atoms with Gasteiger partial charge in [0.2, 0.25) is 5.91 Å². The monoisotopic (exact) mass is 224 g/mol. The Kier molecular flexibility index (Phi) is 5.30. The second kappa shape index (κ2) is 6.51. The molecule has 90 valence electrons. The van der Waals surface area contributed by atoms with Crippen molar-refractivity contribution in [2.75, 3.05) is 20.1 Å². The van der Waals surface area contributed by atoms with Gasteiger partial charge in [-0.15, -0.1) is 6.42 Å². The molecule has 1 aliphatic carbocycles. The van der Waals surface area contributed by atoms with Crippen molar-refractivity contribution in [1.29, 1.82) is 0 Å². The summed E-state index contributed by atoms with van der Waals surface area (Å²) in [5, 5.41) is 12.7. The summed E-state index contributed by atoms with van der Waals surface area (Å²) in [5.74, 6) is 2.41. The number of hydrogen-bond acceptors (Lipinski definition) is 3. The highest BCUT2D eigenvalue weighted by Crippen LogP contribution is 2.22. The molecule has 0 aromatic heterocycles. The minimum atomic E-state index is -0.379. The number of rotatable bonds is 4. The zero-order valence-electron chi connectivity index (χ0n) is 9.78. The van der Waals surface area contributed by atoms with Gasteiger partial charge < -0.3 is 10.0 Å². The number of carbonyl (C=O) groups is 1. The van der Waals surface area contributed by atoms with Crippen molar-refractivity contribution in [3.05, 3.63) is 0 Å². The first-order chi connectivity index (χ1) is 7.66. The lowest BCUT2D eigenvalue weighted by Gasteiger charge is -2.35. The molecular weight excluding hydrogens is 204 g/mol. The van der Waals surface area contributed by atoms with E-state index in [2.05, 4.69) is 11.2 Å². The summed E-state index contributed by atoms with van der Waals surface area (Å²) in [6, 6.07) is -0.0334. The van der Waals surface area contributed by atoms with Crippen LogP contribution in [0.2, 0.25) is 0 Å². The maximum absolute atomic E-state index is 11.7. The first-order valence-electron chi connectivity index (χ1n) is 5.74. The van der Waals surface area contributed by atoms with E-state index in [0.717, 1.165) is 25.7 Å². The lowest BCUT2D eigenvalue weighted by molar-refractivity contribution is -0.134. The van der Waals surface area contributed by atoms with E-state index in [1.54, 1.807) is 11.9 Å². The second-order valence-corrected chi connectivity index (χ2v) is 4.23. The summed E-state index contributed by atoms with van der Waals surface area (Å²) in [7, 11) is 1.75. The smallest absolute Gasteiger partial charge is 0.236 e. The van der Waals surface area contributed by atoms with Gasteiger partial charge in [0.15, 0.2) is 0 Å². The number of aliphatic hydroxyl groups is 1. The molecule has 0 radical (unpaired) electrons. The van der Waals surface area contributed by atoms with Crippen molar-refractivity contribution in [3.8, 4) is 12.3 Å². The molecule has 1 aliphatic rings. The number of hydrogen-bond donors (Lipinski definition) is 2. The Morgan fingerprint density at radius 3 is 2.88 bits per heavy atom. The summed E-state index contributed by atoms with van der Waals surface area (Å²) in [4.78, 5) is 13.4. The lowest BCUT2D eigenvalue weighted by atomic mass is 9.91. The summed E-state index contributed by atoms with van der Waals surface area (Å²) in [6.45, 7) is 0.636. The zero-order valence-corrected chi connectivity index (χ0v) is 9.78. The highest BCUT2D eigenvalue weighted by Gasteiger charge is 2.28. The average molecular weight is 224 g/mol. The standard InChI is InChI=1S/C12H20N2O2/c1-3-8-13-9-12(16)14(2)10-6-4-5-7-11(10)15/h1,10-11,13,15H,4-9H2,2H3. The number of carbonyl (C=O) groups excluding carboxylic acids is 1. The zero-order chi connectivity index (χ0) is 12.0. The fourth-order valence-electron chi connectivity index (χ4n) is 2.09. The number of terminal acetylenes is 1. The predicted molar refractivity (Wildman–Crippen MR) is 62.7 cm³/mol. The van der Waals surface area contributed by atoms with Crippen LogP contribution in [0.3, 0.4) is 0 Å². The third-order valence-electron chi connectivity index (χ3n) is 3.09. The van der Waals surface area contributed by atoms with E-state index in [4.69, 9.17) is 6.42 Å². The first kappa shape index (κ1) is 13.0. The van der Waals surface area contributed by atoms with E-state index >= 15 is 0 Å². The molecule has 0 bridgehead atoms. The van der Waals surface area contributed by atoms with Crippen molar-refractivity contribution in [2.24, 2.45) is 0 Å². The molecule has 0 saturated heterocycles. The van der Waals surface area contributed by atoms with Gasteiger partial charge in [-0.2, -0.15) is 0 Å². The summed E-state index contributed by atoms with van der Waals surface area (Å²) in [6.07, 6.45) is 8.51. The normalized spacial score (nSPS) is 24.8. The predicted octanol–water partition coefficient (Wildman–Crippen LogP) is -0.0289. The van der Waals surface area contributed by atoms with Crippen LogP contribution in [0.25, 0.3) is 0 Å². The molecular formula is C12H20N2O2. The molecule has 4 heteroatoms. The molecule has 0 spiro atoms. The van der Waals surface area contributed by atoms with Crippen LogP contribution in [0.15, 0.2) is 0 Å². The minimum Gasteiger partial charge on any atom is -0.391 e. The SMILES string of the molecule is C#CCNCC(=O)N(C)C1CCCCC1O. The number of likely N-dealkylation sites (N-methyl/N-ethyl adjacent to an activating group) is 1. The van der Waals surface area contributed by atoms with Gasteiger partial charge in [-0.25, -0.2) is 0 Å². The summed E-state index contributed by atoms with van der Waals surface area (Å²) < 4.78 is 0. The Morgan fingerprint density at radius 2 is 2.25 bits per heavy atom. The number of amides is 1. The maximum Gasteiger partial charge on any atom is 0.236 e. The Bertz CT molecular complexity index is 273. The third-order valence-corrected chi connectivity index (χ3v) is 3.09. The molecule has 1 rings (SSSR count). The van der Waals surface area contributed by atoms with Crippen LogP contribution in [0.1, 0.15) is 25.7 Å². The number of nitrogens with zero attached hydrogens (tertiary/aromatic N) is 1. The molecule has 16 heavy (non-hydrogen) atoms. The Labute approximate surface area is 97.0 Å². The Balaban J connectivity index is 2.39. The van der Waals surface area contributed by atoms with E-state index in [9.17, 15) is 9.90 Å². The van der Waals surface area contributed by atoms with Gasteiger partial charge in [0.1, 0.15) is 0 Å². The molecule has 0 aliphatic heterocycles. The van der Waals surface area contributed by atoms with E-state index in [1.807, 2.05) is 0 Å². The van der Waals surface area contributed by atoms with Crippen molar-refractivity contribution < 1.29 is 9.90 Å². The molecule has 0 aromatic rings. The maximum atomic E-state index is 11.7. The van der Waals surface area contributed by atoms with Gasteiger partial charge in [0.25, 0.3) is 0 Å². The molecule has 2 unspecified atom stereocenters. The average Bonchev–Trinajstić information content (AvgIpc) is 2.29.